The molecule has 1 atom stereocenters. The number of aromatic amines is 1. The van der Waals surface area contributed by atoms with E-state index in [1.165, 1.54) is 25.3 Å². The first-order valence-electron chi connectivity index (χ1n) is 12.8. The molecule has 0 unspecified atom stereocenters. The van der Waals surface area contributed by atoms with Crippen LogP contribution in [0.15, 0.2) is 79.1 Å². The molecule has 0 aliphatic heterocycles. The number of hydrogen-bond donors (Lipinski definition) is 2. The molecule has 1 aliphatic carbocycles. The van der Waals surface area contributed by atoms with E-state index in [0.717, 1.165) is 40.4 Å². The number of esters is 1. The zero-order chi connectivity index (χ0) is 28.9. The summed E-state index contributed by atoms with van der Waals surface area (Å²) in [6, 6.07) is 1.03. The van der Waals surface area contributed by atoms with Crippen LogP contribution in [0.1, 0.15) is 37.1 Å². The molecule has 40 heavy (non-hydrogen) atoms. The lowest BCUT2D eigenvalue weighted by Gasteiger charge is -2.14. The fourth-order valence-electron chi connectivity index (χ4n) is 3.80. The second-order valence-corrected chi connectivity index (χ2v) is 8.86. The number of imidazole rings is 1. The fraction of sp³-hybridized carbons (Fsp3) is 0.226. The number of fused-ring (bicyclic) bond motifs is 1. The Morgan fingerprint density at radius 1 is 1.25 bits per heavy atom. The molecule has 0 radical (unpaired) electrons. The van der Waals surface area contributed by atoms with Crippen molar-refractivity contribution in [3.05, 3.63) is 101 Å². The predicted octanol–water partition coefficient (Wildman–Crippen LogP) is 4.59. The Morgan fingerprint density at radius 3 is 2.85 bits per heavy atom. The van der Waals surface area contributed by atoms with Crippen LogP contribution in [0.3, 0.4) is 0 Å². The van der Waals surface area contributed by atoms with Gasteiger partial charge in [0.1, 0.15) is 17.6 Å². The maximum Gasteiger partial charge on any atom is 0.328 e. The van der Waals surface area contributed by atoms with Gasteiger partial charge in [-0.2, -0.15) is 0 Å². The molecule has 2 N–H and O–H groups in total. The average Bonchev–Trinajstić information content (AvgIpc) is 3.16. The van der Waals surface area contributed by atoms with Gasteiger partial charge in [-0.05, 0) is 60.9 Å². The molecular formula is C31H32F2N4O3. The van der Waals surface area contributed by atoms with E-state index >= 15 is 0 Å². The van der Waals surface area contributed by atoms with Crippen molar-refractivity contribution in [2.45, 2.75) is 38.6 Å². The minimum absolute atomic E-state index is 0.113. The summed E-state index contributed by atoms with van der Waals surface area (Å²) < 4.78 is 31.6. The van der Waals surface area contributed by atoms with Gasteiger partial charge in [-0.25, -0.2) is 18.6 Å². The lowest BCUT2D eigenvalue weighted by molar-refractivity contribution is -0.144. The van der Waals surface area contributed by atoms with E-state index in [2.05, 4.69) is 39.0 Å². The first-order valence-corrected chi connectivity index (χ1v) is 12.8. The maximum absolute atomic E-state index is 13.8. The van der Waals surface area contributed by atoms with Gasteiger partial charge >= 0.3 is 5.97 Å². The van der Waals surface area contributed by atoms with Crippen LogP contribution >= 0.6 is 0 Å². The number of nitrogens with one attached hydrogen (secondary N) is 2. The Labute approximate surface area is 231 Å². The van der Waals surface area contributed by atoms with E-state index < -0.39 is 29.6 Å². The molecule has 0 bridgehead atoms. The molecule has 1 amide bonds. The van der Waals surface area contributed by atoms with Crippen LogP contribution in [0.4, 0.5) is 8.78 Å². The molecule has 3 rings (SSSR count). The van der Waals surface area contributed by atoms with Crippen molar-refractivity contribution in [1.82, 2.24) is 20.3 Å². The number of amides is 1. The van der Waals surface area contributed by atoms with E-state index in [4.69, 9.17) is 4.74 Å². The monoisotopic (exact) mass is 546 g/mol. The summed E-state index contributed by atoms with van der Waals surface area (Å²) in [4.78, 5) is 36.8. The van der Waals surface area contributed by atoms with Crippen LogP contribution in [-0.4, -0.2) is 40.0 Å². The Morgan fingerprint density at radius 2 is 2.08 bits per heavy atom. The summed E-state index contributed by atoms with van der Waals surface area (Å²) in [7, 11) is 1.20. The molecule has 2 heterocycles. The van der Waals surface area contributed by atoms with E-state index in [1.54, 1.807) is 12.2 Å². The van der Waals surface area contributed by atoms with Crippen LogP contribution in [0.5, 0.6) is 0 Å². The Balaban J connectivity index is 1.59. The Kier molecular flexibility index (Phi) is 11.3. The number of hydrogen-bond acceptors (Lipinski definition) is 5. The third kappa shape index (κ3) is 8.97. The van der Waals surface area contributed by atoms with Crippen LogP contribution in [0.2, 0.25) is 0 Å². The SMILES string of the molecule is C=C/C(F)=C\C/C(F)=C\CC[C@@H](NC(=O)/C=C/C=C\c1nc(-c2cc3c(cn2)=CC=CCC=3)[nH]c1C)C(=O)OC. The standard InChI is InChI=1S/C31H32F2N4O3/c1-4-24(32)17-18-25(33)13-10-15-27(31(39)40-3)36-29(38)16-9-8-14-26-21(2)35-30(37-26)28-19-22-11-6-5-7-12-23(22)20-34-28/h4-5,7-9,11-14,16-17,19-20,27H,1,6,10,15,18H2,2-3H3,(H,35,37)(H,36,38)/b14-8-,16-9+,24-17+,25-13+/t27-/m1/s1. The number of nitrogens with zero attached hydrogens (tertiary/aromatic N) is 2. The summed E-state index contributed by atoms with van der Waals surface area (Å²) in [6.07, 6.45) is 20.4. The summed E-state index contributed by atoms with van der Waals surface area (Å²) >= 11 is 0. The highest BCUT2D eigenvalue weighted by molar-refractivity contribution is 5.91. The zero-order valence-corrected chi connectivity index (χ0v) is 22.5. The van der Waals surface area contributed by atoms with Gasteiger partial charge in [0.2, 0.25) is 5.91 Å². The van der Waals surface area contributed by atoms with E-state index in [9.17, 15) is 18.4 Å². The molecule has 2 aromatic heterocycles. The van der Waals surface area contributed by atoms with Crippen LogP contribution in [0, 0.1) is 6.92 Å². The summed E-state index contributed by atoms with van der Waals surface area (Å²) in [5.74, 6) is -1.70. The third-order valence-electron chi connectivity index (χ3n) is 5.94. The first-order chi connectivity index (χ1) is 19.3. The molecule has 0 spiro atoms. The molecule has 0 saturated heterocycles. The number of halogens is 2. The van der Waals surface area contributed by atoms with Gasteiger partial charge < -0.3 is 15.0 Å². The predicted molar refractivity (Wildman–Crippen MR) is 153 cm³/mol. The summed E-state index contributed by atoms with van der Waals surface area (Å²) in [5, 5.41) is 4.70. The van der Waals surface area contributed by atoms with Crippen molar-refractivity contribution < 1.29 is 23.1 Å². The third-order valence-corrected chi connectivity index (χ3v) is 5.94. The molecule has 0 saturated carbocycles. The van der Waals surface area contributed by atoms with Crippen molar-refractivity contribution in [3.8, 4) is 11.5 Å². The van der Waals surface area contributed by atoms with Crippen LogP contribution in [-0.2, 0) is 14.3 Å². The van der Waals surface area contributed by atoms with Gasteiger partial charge in [0.25, 0.3) is 0 Å². The molecule has 0 fully saturated rings. The van der Waals surface area contributed by atoms with Crippen molar-refractivity contribution in [2.75, 3.05) is 7.11 Å². The number of carbonyl (C=O) groups excluding carboxylic acids is 2. The Bertz CT molecular complexity index is 1510. The average molecular weight is 547 g/mol. The van der Waals surface area contributed by atoms with Crippen molar-refractivity contribution in [2.24, 2.45) is 0 Å². The molecule has 1 aliphatic rings. The van der Waals surface area contributed by atoms with E-state index in [0.29, 0.717) is 11.5 Å². The molecule has 2 aromatic rings. The van der Waals surface area contributed by atoms with E-state index in [-0.39, 0.29) is 19.3 Å². The van der Waals surface area contributed by atoms with Crippen molar-refractivity contribution >= 4 is 30.1 Å². The number of allylic oxidation sites excluding steroid dienone is 9. The van der Waals surface area contributed by atoms with Crippen LogP contribution < -0.4 is 15.8 Å². The van der Waals surface area contributed by atoms with Gasteiger partial charge in [-0.15, -0.1) is 0 Å². The largest absolute Gasteiger partial charge is 0.467 e. The highest BCUT2D eigenvalue weighted by Crippen LogP contribution is 2.15. The fourth-order valence-corrected chi connectivity index (χ4v) is 3.80. The highest BCUT2D eigenvalue weighted by atomic mass is 19.1. The smallest absolute Gasteiger partial charge is 0.328 e. The van der Waals surface area contributed by atoms with Gasteiger partial charge in [0.15, 0.2) is 5.82 Å². The number of methoxy groups -OCH3 is 1. The van der Waals surface area contributed by atoms with E-state index in [1.807, 2.05) is 31.3 Å². The lowest BCUT2D eigenvalue weighted by atomic mass is 10.1. The second-order valence-electron chi connectivity index (χ2n) is 8.86. The number of aryl methyl sites for hydroxylation is 1. The quantitative estimate of drug-likeness (QED) is 0.231. The van der Waals surface area contributed by atoms with Crippen LogP contribution in [0.25, 0.3) is 29.7 Å². The maximum atomic E-state index is 13.8. The topological polar surface area (TPSA) is 97.0 Å². The number of rotatable bonds is 12. The number of aromatic nitrogens is 3. The Hall–Kier alpha value is -4.66. The number of pyridine rings is 1. The zero-order valence-electron chi connectivity index (χ0n) is 22.5. The summed E-state index contributed by atoms with van der Waals surface area (Å²) in [6.45, 7) is 5.15. The highest BCUT2D eigenvalue weighted by Gasteiger charge is 2.19. The molecule has 7 nitrogen and oxygen atoms in total. The van der Waals surface area contributed by atoms with Gasteiger partial charge in [0, 0.05) is 24.4 Å². The normalized spacial score (nSPS) is 14.3. The minimum atomic E-state index is -0.967. The summed E-state index contributed by atoms with van der Waals surface area (Å²) in [5.41, 5.74) is 2.26. The van der Waals surface area contributed by atoms with Crippen molar-refractivity contribution in [3.63, 3.8) is 0 Å². The molecular weight excluding hydrogens is 514 g/mol. The number of carbonyl (C=O) groups is 2. The van der Waals surface area contributed by atoms with Gasteiger partial charge in [-0.3, -0.25) is 9.78 Å². The number of H-pyrrole nitrogens is 1. The van der Waals surface area contributed by atoms with Crippen molar-refractivity contribution in [1.29, 1.82) is 0 Å². The number of ether oxygens (including phenoxy) is 1. The lowest BCUT2D eigenvalue weighted by Crippen LogP contribution is -2.40. The molecule has 9 heteroatoms. The molecule has 0 aromatic carbocycles. The van der Waals surface area contributed by atoms with Gasteiger partial charge in [0.05, 0.1) is 18.6 Å². The first kappa shape index (κ1) is 29.9. The second kappa shape index (κ2) is 15.1. The van der Waals surface area contributed by atoms with Gasteiger partial charge in [-0.1, -0.05) is 49.1 Å². The minimum Gasteiger partial charge on any atom is -0.467 e. The molecule has 208 valence electrons.